The van der Waals surface area contributed by atoms with Gasteiger partial charge in [-0.3, -0.25) is 0 Å². The molecule has 0 aliphatic rings. The van der Waals surface area contributed by atoms with Crippen molar-refractivity contribution in [1.82, 2.24) is 19.6 Å². The summed E-state index contributed by atoms with van der Waals surface area (Å²) in [4.78, 5) is 7.47. The highest BCUT2D eigenvalue weighted by molar-refractivity contribution is 7.17. The average molecular weight is 349 g/mol. The summed E-state index contributed by atoms with van der Waals surface area (Å²) in [6.07, 6.45) is -4.62. The summed E-state index contributed by atoms with van der Waals surface area (Å²) in [5.74, 6) is -0.937. The molecule has 4 aromatic rings. The Morgan fingerprint density at radius 2 is 1.96 bits per heavy atom. The summed E-state index contributed by atoms with van der Waals surface area (Å²) in [7, 11) is 0. The van der Waals surface area contributed by atoms with Crippen molar-refractivity contribution in [3.8, 4) is 0 Å². The molecule has 0 radical (unpaired) electrons. The second-order valence-corrected chi connectivity index (χ2v) is 6.17. The zero-order valence-corrected chi connectivity index (χ0v) is 13.1. The van der Waals surface area contributed by atoms with Gasteiger partial charge in [0.2, 0.25) is 0 Å². The number of hydrogen-bond donors (Lipinski definition) is 1. The largest absolute Gasteiger partial charge is 0.453 e. The van der Waals surface area contributed by atoms with Crippen molar-refractivity contribution in [2.45, 2.75) is 13.1 Å². The van der Waals surface area contributed by atoms with Gasteiger partial charge in [-0.2, -0.15) is 22.7 Å². The molecular weight excluding hydrogens is 339 g/mol. The lowest BCUT2D eigenvalue weighted by molar-refractivity contribution is -0.144. The molecule has 9 heteroatoms. The van der Waals surface area contributed by atoms with E-state index < -0.39 is 12.0 Å². The third-order valence-corrected chi connectivity index (χ3v) is 4.32. The molecule has 1 N–H and O–H groups in total. The summed E-state index contributed by atoms with van der Waals surface area (Å²) in [5.41, 5.74) is 1.29. The number of alkyl halides is 3. The lowest BCUT2D eigenvalue weighted by atomic mass is 10.2. The molecule has 1 aromatic carbocycles. The fourth-order valence-corrected chi connectivity index (χ4v) is 3.16. The maximum absolute atomic E-state index is 12.8. The van der Waals surface area contributed by atoms with Crippen LogP contribution in [0.15, 0.2) is 35.7 Å². The number of anilines is 2. The third-order valence-electron chi connectivity index (χ3n) is 3.42. The predicted molar refractivity (Wildman–Crippen MR) is 85.6 cm³/mol. The molecule has 0 atom stereocenters. The van der Waals surface area contributed by atoms with Crippen molar-refractivity contribution in [2.24, 2.45) is 0 Å². The highest BCUT2D eigenvalue weighted by atomic mass is 32.1. The topological polar surface area (TPSA) is 55.1 Å². The summed E-state index contributed by atoms with van der Waals surface area (Å²) >= 11 is 1.62. The van der Waals surface area contributed by atoms with Crippen LogP contribution < -0.4 is 5.32 Å². The van der Waals surface area contributed by atoms with Gasteiger partial charge in [0.1, 0.15) is 5.82 Å². The van der Waals surface area contributed by atoms with E-state index >= 15 is 0 Å². The number of nitrogens with one attached hydrogen (secondary N) is 1. The number of fused-ring (bicyclic) bond motifs is 2. The molecule has 0 unspecified atom stereocenters. The van der Waals surface area contributed by atoms with Gasteiger partial charge in [0, 0.05) is 22.1 Å². The molecular formula is C15H10F3N5S. The molecule has 5 nitrogen and oxygen atoms in total. The average Bonchev–Trinajstić information content (AvgIpc) is 3.12. The molecule has 3 aromatic heterocycles. The van der Waals surface area contributed by atoms with Gasteiger partial charge in [-0.1, -0.05) is 0 Å². The second kappa shape index (κ2) is 5.17. The highest BCUT2D eigenvalue weighted by Gasteiger charge is 2.36. The molecule has 24 heavy (non-hydrogen) atoms. The van der Waals surface area contributed by atoms with E-state index in [0.717, 1.165) is 20.3 Å². The van der Waals surface area contributed by atoms with E-state index in [0.29, 0.717) is 11.5 Å². The fourth-order valence-electron chi connectivity index (χ4n) is 2.39. The standard InChI is InChI=1S/C15H10F3N5S/c1-8-6-12(20-10-2-3-11-9(7-10)4-5-24-11)23-14(19-8)21-13(22-23)15(16,17)18/h2-7,20H,1H3. The number of aromatic nitrogens is 4. The van der Waals surface area contributed by atoms with Crippen LogP contribution in [-0.2, 0) is 6.18 Å². The maximum Gasteiger partial charge on any atom is 0.453 e. The van der Waals surface area contributed by atoms with Gasteiger partial charge in [0.15, 0.2) is 0 Å². The number of rotatable bonds is 2. The molecule has 0 fully saturated rings. The van der Waals surface area contributed by atoms with Gasteiger partial charge < -0.3 is 5.32 Å². The van der Waals surface area contributed by atoms with Crippen LogP contribution in [0.4, 0.5) is 24.7 Å². The summed E-state index contributed by atoms with van der Waals surface area (Å²) < 4.78 is 40.7. The summed E-state index contributed by atoms with van der Waals surface area (Å²) in [6.45, 7) is 1.69. The molecule has 0 aliphatic heterocycles. The lowest BCUT2D eigenvalue weighted by Crippen LogP contribution is -2.08. The Morgan fingerprint density at radius 3 is 2.75 bits per heavy atom. The first-order chi connectivity index (χ1) is 11.4. The highest BCUT2D eigenvalue weighted by Crippen LogP contribution is 2.29. The van der Waals surface area contributed by atoms with Crippen molar-refractivity contribution < 1.29 is 13.2 Å². The van der Waals surface area contributed by atoms with Gasteiger partial charge in [0.05, 0.1) is 0 Å². The van der Waals surface area contributed by atoms with E-state index in [4.69, 9.17) is 0 Å². The van der Waals surface area contributed by atoms with E-state index in [1.165, 1.54) is 0 Å². The smallest absolute Gasteiger partial charge is 0.340 e. The zero-order chi connectivity index (χ0) is 16.9. The molecule has 3 heterocycles. The van der Waals surface area contributed by atoms with Gasteiger partial charge >= 0.3 is 6.18 Å². The van der Waals surface area contributed by atoms with Crippen molar-refractivity contribution in [2.75, 3.05) is 5.32 Å². The number of nitrogens with zero attached hydrogens (tertiary/aromatic N) is 4. The van der Waals surface area contributed by atoms with Gasteiger partial charge in [-0.15, -0.1) is 16.4 Å². The first-order valence-corrected chi connectivity index (χ1v) is 7.84. The van der Waals surface area contributed by atoms with Gasteiger partial charge in [-0.05, 0) is 42.0 Å². The zero-order valence-electron chi connectivity index (χ0n) is 12.3. The first-order valence-electron chi connectivity index (χ1n) is 6.96. The number of benzene rings is 1. The normalized spacial score (nSPS) is 12.2. The van der Waals surface area contributed by atoms with E-state index in [9.17, 15) is 13.2 Å². The van der Waals surface area contributed by atoms with Crippen LogP contribution in [0.5, 0.6) is 0 Å². The number of hydrogen-bond acceptors (Lipinski definition) is 5. The molecule has 0 saturated heterocycles. The van der Waals surface area contributed by atoms with Crippen molar-refractivity contribution >= 4 is 38.7 Å². The summed E-state index contributed by atoms with van der Waals surface area (Å²) in [5, 5.41) is 9.66. The Morgan fingerprint density at radius 1 is 1.12 bits per heavy atom. The lowest BCUT2D eigenvalue weighted by Gasteiger charge is -2.08. The van der Waals surface area contributed by atoms with Gasteiger partial charge in [-0.25, -0.2) is 4.98 Å². The molecule has 122 valence electrons. The second-order valence-electron chi connectivity index (χ2n) is 5.23. The van der Waals surface area contributed by atoms with Crippen LogP contribution >= 0.6 is 11.3 Å². The molecule has 0 bridgehead atoms. The van der Waals surface area contributed by atoms with Crippen LogP contribution in [0.25, 0.3) is 15.9 Å². The number of halogens is 3. The van der Waals surface area contributed by atoms with E-state index in [-0.39, 0.29) is 5.78 Å². The minimum Gasteiger partial charge on any atom is -0.340 e. The summed E-state index contributed by atoms with van der Waals surface area (Å²) in [6, 6.07) is 9.35. The van der Waals surface area contributed by atoms with E-state index in [1.807, 2.05) is 29.6 Å². The van der Waals surface area contributed by atoms with E-state index in [1.54, 1.807) is 24.3 Å². The Labute approximate surface area is 137 Å². The Bertz CT molecular complexity index is 1050. The van der Waals surface area contributed by atoms with Crippen LogP contribution in [-0.4, -0.2) is 19.6 Å². The minimum atomic E-state index is -4.62. The molecule has 0 spiro atoms. The Kier molecular flexibility index (Phi) is 3.20. The molecule has 4 rings (SSSR count). The van der Waals surface area contributed by atoms with Gasteiger partial charge in [0.25, 0.3) is 11.6 Å². The third kappa shape index (κ3) is 2.56. The molecule has 0 amide bonds. The van der Waals surface area contributed by atoms with Crippen LogP contribution in [0.3, 0.4) is 0 Å². The van der Waals surface area contributed by atoms with Crippen molar-refractivity contribution in [3.63, 3.8) is 0 Å². The fraction of sp³-hybridized carbons (Fsp3) is 0.133. The first kappa shape index (κ1) is 14.9. The molecule has 0 aliphatic carbocycles. The minimum absolute atomic E-state index is 0.0959. The number of thiophene rings is 1. The number of aryl methyl sites for hydroxylation is 1. The van der Waals surface area contributed by atoms with E-state index in [2.05, 4.69) is 20.4 Å². The predicted octanol–water partition coefficient (Wildman–Crippen LogP) is 4.41. The SMILES string of the molecule is Cc1cc(Nc2ccc3sccc3c2)n2nc(C(F)(F)F)nc2n1. The Hall–Kier alpha value is -2.68. The van der Waals surface area contributed by atoms with Crippen LogP contribution in [0.2, 0.25) is 0 Å². The van der Waals surface area contributed by atoms with Crippen LogP contribution in [0, 0.1) is 6.92 Å². The van der Waals surface area contributed by atoms with Crippen LogP contribution in [0.1, 0.15) is 11.5 Å². The van der Waals surface area contributed by atoms with Crippen molar-refractivity contribution in [1.29, 1.82) is 0 Å². The quantitative estimate of drug-likeness (QED) is 0.582. The maximum atomic E-state index is 12.8. The monoisotopic (exact) mass is 349 g/mol. The molecule has 0 saturated carbocycles. The Balaban J connectivity index is 1.81. The van der Waals surface area contributed by atoms with Crippen molar-refractivity contribution in [3.05, 3.63) is 47.2 Å².